The van der Waals surface area contributed by atoms with E-state index in [1.165, 1.54) is 16.8 Å². The molecule has 4 aromatic rings. The number of nitrogens with zero attached hydrogens (tertiary/aromatic N) is 4. The van der Waals surface area contributed by atoms with Crippen LogP contribution >= 0.6 is 11.6 Å². The SMILES string of the molecule is COC(C)(C)c1ccn(-c2ncc(C)c(-n3c(C)cc(OCc4ncc(F)cc4F)c(Cl)c3=O)c2F)c1. The molecule has 0 fully saturated rings. The summed E-state index contributed by atoms with van der Waals surface area (Å²) >= 11 is 6.29. The van der Waals surface area contributed by atoms with Gasteiger partial charge in [0, 0.05) is 49.1 Å². The third kappa shape index (κ3) is 4.99. The number of pyridine rings is 3. The Morgan fingerprint density at radius 1 is 1.11 bits per heavy atom. The third-order valence-electron chi connectivity index (χ3n) is 6.07. The highest BCUT2D eigenvalue weighted by Crippen LogP contribution is 2.30. The lowest BCUT2D eigenvalue weighted by Gasteiger charge is -2.21. The molecule has 0 aliphatic rings. The van der Waals surface area contributed by atoms with Crippen molar-refractivity contribution in [1.29, 1.82) is 0 Å². The van der Waals surface area contributed by atoms with E-state index in [0.717, 1.165) is 16.3 Å². The Morgan fingerprint density at radius 2 is 1.84 bits per heavy atom. The number of rotatable bonds is 7. The van der Waals surface area contributed by atoms with E-state index >= 15 is 4.39 Å². The maximum atomic E-state index is 15.9. The molecular formula is C26H24ClF3N4O3. The summed E-state index contributed by atoms with van der Waals surface area (Å²) in [6.45, 7) is 6.57. The summed E-state index contributed by atoms with van der Waals surface area (Å²) in [5, 5.41) is -0.338. The number of aromatic nitrogens is 4. The zero-order chi connectivity index (χ0) is 27.1. The topological polar surface area (TPSA) is 71.2 Å². The average Bonchev–Trinajstić information content (AvgIpc) is 3.34. The largest absolute Gasteiger partial charge is 0.485 e. The highest BCUT2D eigenvalue weighted by Gasteiger charge is 2.24. The zero-order valence-electron chi connectivity index (χ0n) is 20.8. The lowest BCUT2D eigenvalue weighted by Crippen LogP contribution is -2.24. The summed E-state index contributed by atoms with van der Waals surface area (Å²) in [7, 11) is 1.58. The predicted molar refractivity (Wildman–Crippen MR) is 132 cm³/mol. The van der Waals surface area contributed by atoms with Gasteiger partial charge in [0.15, 0.2) is 17.5 Å². The summed E-state index contributed by atoms with van der Waals surface area (Å²) in [5.74, 6) is -2.52. The van der Waals surface area contributed by atoms with Crippen LogP contribution in [0.25, 0.3) is 11.5 Å². The number of halogens is 4. The molecule has 4 heterocycles. The maximum absolute atomic E-state index is 15.9. The minimum absolute atomic E-state index is 0.0145. The lowest BCUT2D eigenvalue weighted by molar-refractivity contribution is 0.0193. The molecule has 0 aromatic carbocycles. The van der Waals surface area contributed by atoms with Gasteiger partial charge in [-0.25, -0.2) is 18.2 Å². The molecule has 0 N–H and O–H groups in total. The van der Waals surface area contributed by atoms with Crippen molar-refractivity contribution < 1.29 is 22.6 Å². The monoisotopic (exact) mass is 532 g/mol. The first-order chi connectivity index (χ1) is 17.4. The van der Waals surface area contributed by atoms with Gasteiger partial charge >= 0.3 is 0 Å². The molecule has 0 spiro atoms. The Labute approximate surface area is 216 Å². The average molecular weight is 533 g/mol. The predicted octanol–water partition coefficient (Wildman–Crippen LogP) is 5.57. The van der Waals surface area contributed by atoms with E-state index in [1.807, 2.05) is 13.8 Å². The van der Waals surface area contributed by atoms with Crippen LogP contribution in [-0.2, 0) is 16.9 Å². The molecule has 0 aliphatic heterocycles. The fraction of sp³-hybridized carbons (Fsp3) is 0.269. The zero-order valence-corrected chi connectivity index (χ0v) is 21.5. The molecule has 0 aliphatic carbocycles. The lowest BCUT2D eigenvalue weighted by atomic mass is 10.0. The molecule has 0 saturated heterocycles. The van der Waals surface area contributed by atoms with Crippen LogP contribution in [0.1, 0.15) is 36.4 Å². The summed E-state index contributed by atoms with van der Waals surface area (Å²) in [6.07, 6.45) is 5.67. The first-order valence-electron chi connectivity index (χ1n) is 11.2. The molecule has 37 heavy (non-hydrogen) atoms. The molecule has 7 nitrogen and oxygen atoms in total. The minimum Gasteiger partial charge on any atom is -0.485 e. The van der Waals surface area contributed by atoms with Gasteiger partial charge < -0.3 is 14.0 Å². The van der Waals surface area contributed by atoms with Crippen LogP contribution in [0.4, 0.5) is 13.2 Å². The Hall–Kier alpha value is -3.63. The van der Waals surface area contributed by atoms with Gasteiger partial charge in [-0.1, -0.05) is 11.6 Å². The summed E-state index contributed by atoms with van der Waals surface area (Å²) in [4.78, 5) is 21.1. The van der Waals surface area contributed by atoms with Crippen molar-refractivity contribution in [3.8, 4) is 17.3 Å². The van der Waals surface area contributed by atoms with Crippen LogP contribution < -0.4 is 10.3 Å². The highest BCUT2D eigenvalue weighted by atomic mass is 35.5. The Morgan fingerprint density at radius 3 is 2.51 bits per heavy atom. The Bertz CT molecular complexity index is 1550. The normalized spacial score (nSPS) is 11.7. The van der Waals surface area contributed by atoms with Gasteiger partial charge in [-0.2, -0.15) is 0 Å². The second kappa shape index (κ2) is 10.0. The number of ether oxygens (including phenoxy) is 2. The Balaban J connectivity index is 1.74. The van der Waals surface area contributed by atoms with E-state index in [9.17, 15) is 13.6 Å². The van der Waals surface area contributed by atoms with Crippen LogP contribution in [0.2, 0.25) is 5.02 Å². The van der Waals surface area contributed by atoms with Crippen molar-refractivity contribution in [3.05, 3.63) is 98.3 Å². The van der Waals surface area contributed by atoms with Crippen LogP contribution in [0.15, 0.2) is 47.8 Å². The van der Waals surface area contributed by atoms with E-state index in [4.69, 9.17) is 21.1 Å². The fourth-order valence-corrected chi connectivity index (χ4v) is 3.96. The summed E-state index contributed by atoms with van der Waals surface area (Å²) < 4.78 is 56.6. The van der Waals surface area contributed by atoms with E-state index in [2.05, 4.69) is 9.97 Å². The standard InChI is InChI=1S/C26H24ClF3N4O3/c1-14-10-32-24(33-7-6-16(12-33)26(3,4)36-5)22(30)23(14)34-15(2)8-20(21(27)25(34)35)37-13-19-18(29)9-17(28)11-31-19/h6-12H,13H2,1-5H3. The number of methoxy groups -OCH3 is 1. The van der Waals surface area contributed by atoms with Gasteiger partial charge in [-0.05, 0) is 39.3 Å². The van der Waals surface area contributed by atoms with Crippen LogP contribution in [0, 0.1) is 31.3 Å². The van der Waals surface area contributed by atoms with Crippen LogP contribution in [-0.4, -0.2) is 26.2 Å². The van der Waals surface area contributed by atoms with E-state index < -0.39 is 35.2 Å². The molecule has 0 amide bonds. The molecule has 4 rings (SSSR count). The van der Waals surface area contributed by atoms with Gasteiger partial charge in [-0.3, -0.25) is 14.3 Å². The molecular weight excluding hydrogens is 509 g/mol. The summed E-state index contributed by atoms with van der Waals surface area (Å²) in [6, 6.07) is 3.90. The summed E-state index contributed by atoms with van der Waals surface area (Å²) in [5.41, 5.74) is -0.00180. The quantitative estimate of drug-likeness (QED) is 0.311. The van der Waals surface area contributed by atoms with Gasteiger partial charge in [0.05, 0.1) is 17.5 Å². The number of hydrogen-bond donors (Lipinski definition) is 0. The molecule has 11 heteroatoms. The van der Waals surface area contributed by atoms with Crippen molar-refractivity contribution >= 4 is 11.6 Å². The maximum Gasteiger partial charge on any atom is 0.278 e. The minimum atomic E-state index is -0.898. The second-order valence-electron chi connectivity index (χ2n) is 8.92. The molecule has 0 radical (unpaired) electrons. The number of hydrogen-bond acceptors (Lipinski definition) is 5. The first-order valence-corrected chi connectivity index (χ1v) is 11.6. The molecule has 194 valence electrons. The molecule has 0 saturated carbocycles. The van der Waals surface area contributed by atoms with Crippen molar-refractivity contribution in [2.45, 2.75) is 39.9 Å². The van der Waals surface area contributed by atoms with Gasteiger partial charge in [0.2, 0.25) is 0 Å². The smallest absolute Gasteiger partial charge is 0.278 e. The molecule has 0 bridgehead atoms. The van der Waals surface area contributed by atoms with E-state index in [0.29, 0.717) is 17.3 Å². The van der Waals surface area contributed by atoms with E-state index in [-0.39, 0.29) is 28.0 Å². The van der Waals surface area contributed by atoms with Crippen LogP contribution in [0.5, 0.6) is 5.75 Å². The molecule has 4 aromatic heterocycles. The van der Waals surface area contributed by atoms with Gasteiger partial charge in [-0.15, -0.1) is 0 Å². The third-order valence-corrected chi connectivity index (χ3v) is 6.42. The number of aryl methyl sites for hydroxylation is 2. The molecule has 0 unspecified atom stereocenters. The second-order valence-corrected chi connectivity index (χ2v) is 9.30. The first kappa shape index (κ1) is 26.4. The van der Waals surface area contributed by atoms with Crippen LogP contribution in [0.3, 0.4) is 0 Å². The highest BCUT2D eigenvalue weighted by molar-refractivity contribution is 6.31. The van der Waals surface area contributed by atoms with Gasteiger partial charge in [0.1, 0.15) is 28.9 Å². The van der Waals surface area contributed by atoms with Gasteiger partial charge in [0.25, 0.3) is 5.56 Å². The Kier molecular flexibility index (Phi) is 7.16. The van der Waals surface area contributed by atoms with Crippen molar-refractivity contribution in [2.24, 2.45) is 0 Å². The fourth-order valence-electron chi connectivity index (χ4n) is 3.77. The van der Waals surface area contributed by atoms with E-state index in [1.54, 1.807) is 39.4 Å². The van der Waals surface area contributed by atoms with Crippen molar-refractivity contribution in [2.75, 3.05) is 7.11 Å². The van der Waals surface area contributed by atoms with Crippen molar-refractivity contribution in [1.82, 2.24) is 19.1 Å². The molecule has 0 atom stereocenters. The van der Waals surface area contributed by atoms with Crippen molar-refractivity contribution in [3.63, 3.8) is 0 Å².